The quantitative estimate of drug-likeness (QED) is 0.0436. The molecule has 5 heterocycles. The first-order valence-corrected chi connectivity index (χ1v) is 23.7. The summed E-state index contributed by atoms with van der Waals surface area (Å²) in [6, 6.07) is 20.0. The summed E-state index contributed by atoms with van der Waals surface area (Å²) >= 11 is 2.58. The number of esters is 1. The lowest BCUT2D eigenvalue weighted by Crippen LogP contribution is -2.52. The molecule has 65 heavy (non-hydrogen) atoms. The van der Waals surface area contributed by atoms with E-state index in [-0.39, 0.29) is 61.5 Å². The fourth-order valence-corrected chi connectivity index (χ4v) is 8.31. The number of amides is 5. The highest BCUT2D eigenvalue weighted by atomic mass is 32.2. The number of nitrogens with one attached hydrogen (secondary N) is 4. The van der Waals surface area contributed by atoms with Gasteiger partial charge in [-0.1, -0.05) is 12.1 Å². The van der Waals surface area contributed by atoms with Crippen LogP contribution in [0.2, 0.25) is 0 Å². The summed E-state index contributed by atoms with van der Waals surface area (Å²) in [6.07, 6.45) is -1.09. The Morgan fingerprint density at radius 1 is 0.769 bits per heavy atom. The molecule has 0 aliphatic carbocycles. The predicted octanol–water partition coefficient (Wildman–Crippen LogP) is 3.73. The zero-order chi connectivity index (χ0) is 46.7. The van der Waals surface area contributed by atoms with E-state index in [9.17, 15) is 37.2 Å². The number of carbonyl (C=O) groups excluding carboxylic acids is 6. The predicted molar refractivity (Wildman–Crippen MR) is 240 cm³/mol. The summed E-state index contributed by atoms with van der Waals surface area (Å²) in [5.74, 6) is -1.18. The van der Waals surface area contributed by atoms with E-state index in [0.717, 1.165) is 6.26 Å². The van der Waals surface area contributed by atoms with E-state index in [1.807, 2.05) is 4.90 Å². The van der Waals surface area contributed by atoms with Crippen molar-refractivity contribution in [2.45, 2.75) is 25.6 Å². The molecular weight excluding hydrogens is 905 g/mol. The first kappa shape index (κ1) is 47.9. The van der Waals surface area contributed by atoms with Crippen LogP contribution in [-0.4, -0.2) is 143 Å². The average molecular weight is 951 g/mol. The molecule has 3 saturated heterocycles. The highest BCUT2D eigenvalue weighted by Crippen LogP contribution is 2.25. The van der Waals surface area contributed by atoms with Gasteiger partial charge < -0.3 is 29.7 Å². The van der Waals surface area contributed by atoms with Crippen molar-refractivity contribution < 1.29 is 55.6 Å². The van der Waals surface area contributed by atoms with Crippen LogP contribution in [0.15, 0.2) is 83.6 Å². The maximum atomic E-state index is 12.5. The van der Waals surface area contributed by atoms with Crippen LogP contribution >= 0.6 is 22.7 Å². The van der Waals surface area contributed by atoms with Crippen molar-refractivity contribution in [3.63, 3.8) is 0 Å². The zero-order valence-electron chi connectivity index (χ0n) is 35.2. The molecule has 344 valence electrons. The van der Waals surface area contributed by atoms with Crippen molar-refractivity contribution in [2.24, 2.45) is 0 Å². The Kier molecular flexibility index (Phi) is 16.2. The molecule has 23 heteroatoms. The topological polar surface area (TPSA) is 258 Å². The van der Waals surface area contributed by atoms with Gasteiger partial charge in [0.15, 0.2) is 0 Å². The minimum Gasteiger partial charge on any atom is -0.466 e. The van der Waals surface area contributed by atoms with E-state index in [2.05, 4.69) is 14.8 Å². The molecule has 3 aliphatic heterocycles. The van der Waals surface area contributed by atoms with Crippen LogP contribution in [0.3, 0.4) is 0 Å². The van der Waals surface area contributed by atoms with Crippen molar-refractivity contribution in [3.8, 4) is 0 Å². The number of nitrogens with zero attached hydrogens (tertiary/aromatic N) is 4. The maximum absolute atomic E-state index is 12.5. The minimum atomic E-state index is -3.62. The van der Waals surface area contributed by atoms with E-state index in [0.29, 0.717) is 71.6 Å². The minimum absolute atomic E-state index is 0.0297. The lowest BCUT2D eigenvalue weighted by molar-refractivity contribution is -0.144. The van der Waals surface area contributed by atoms with Crippen molar-refractivity contribution in [2.75, 3.05) is 75.1 Å². The van der Waals surface area contributed by atoms with E-state index in [4.69, 9.17) is 25.0 Å². The molecule has 4 N–H and O–H groups in total. The summed E-state index contributed by atoms with van der Waals surface area (Å²) in [4.78, 5) is 80.2. The van der Waals surface area contributed by atoms with Crippen molar-refractivity contribution in [1.82, 2.24) is 20.4 Å². The van der Waals surface area contributed by atoms with Gasteiger partial charge >= 0.3 is 18.2 Å². The van der Waals surface area contributed by atoms with Gasteiger partial charge in [-0.15, -0.1) is 22.7 Å². The van der Waals surface area contributed by atoms with Crippen LogP contribution in [0.1, 0.15) is 43.8 Å². The number of anilines is 2. The number of hydrogen-bond donors (Lipinski definition) is 4. The van der Waals surface area contributed by atoms with Gasteiger partial charge in [-0.05, 0) is 78.3 Å². The fourth-order valence-electron chi connectivity index (χ4n) is 6.67. The molecule has 0 saturated carbocycles. The number of rotatable bonds is 15. The second-order valence-corrected chi connectivity index (χ2v) is 18.1. The second kappa shape index (κ2) is 21.9. The van der Waals surface area contributed by atoms with E-state index < -0.39 is 34.5 Å². The molecule has 2 aromatic heterocycles. The van der Waals surface area contributed by atoms with Crippen LogP contribution in [0, 0.1) is 10.8 Å². The molecule has 2 aromatic carbocycles. The van der Waals surface area contributed by atoms with Crippen molar-refractivity contribution in [1.29, 1.82) is 10.8 Å². The average Bonchev–Trinajstić information content (AvgIpc) is 4.12. The van der Waals surface area contributed by atoms with Gasteiger partial charge in [0.2, 0.25) is 5.91 Å². The van der Waals surface area contributed by atoms with E-state index in [1.54, 1.807) is 95.4 Å². The first-order chi connectivity index (χ1) is 31.1. The molecule has 7 rings (SSSR count). The van der Waals surface area contributed by atoms with E-state index in [1.165, 1.54) is 32.5 Å². The third-order valence-corrected chi connectivity index (χ3v) is 12.2. The lowest BCUT2D eigenvalue weighted by atomic mass is 10.1. The standard InChI is InChI=1S/C25H29N5O6S.C17H17N3O6S2/c1-2-35-22(32)9-10-29-12-11-28(16-21(29)31)14-19-15-30(25(34)36-19)18-7-5-17(6-8-18)23(26)27-24(33)20-4-3-13-37-20;1-28(23,24)25-10-13-9-20(17(22)26-13)12-6-4-11(5-7-12)15(18)19-16(21)14-3-2-8-27-14/h3-8,13,19H,2,9-12,14-16H2,1H3,(H2,26,27,33);2-8,13H,9-10H2,1H3,(H2,18,19,21). The molecule has 0 radical (unpaired) electrons. The smallest absolute Gasteiger partial charge is 0.414 e. The maximum Gasteiger partial charge on any atom is 0.414 e. The van der Waals surface area contributed by atoms with Gasteiger partial charge in [-0.25, -0.2) is 9.59 Å². The molecular formula is C42H46N8O12S3. The monoisotopic (exact) mass is 950 g/mol. The summed E-state index contributed by atoms with van der Waals surface area (Å²) in [6.45, 7) is 4.37. The second-order valence-electron chi connectivity index (χ2n) is 14.6. The summed E-state index contributed by atoms with van der Waals surface area (Å²) in [5.41, 5.74) is 2.12. The molecule has 5 amide bonds. The van der Waals surface area contributed by atoms with Crippen LogP contribution < -0.4 is 20.4 Å². The molecule has 4 aromatic rings. The van der Waals surface area contributed by atoms with Crippen LogP contribution in [0.25, 0.3) is 0 Å². The van der Waals surface area contributed by atoms with Gasteiger partial charge in [0.05, 0.1) is 48.7 Å². The van der Waals surface area contributed by atoms with Crippen LogP contribution in [-0.2, 0) is 38.1 Å². The van der Waals surface area contributed by atoms with Gasteiger partial charge in [-0.3, -0.25) is 48.9 Å². The number of cyclic esters (lactones) is 2. The number of carbonyl (C=O) groups is 6. The largest absolute Gasteiger partial charge is 0.466 e. The molecule has 0 spiro atoms. The molecule has 2 unspecified atom stereocenters. The number of ether oxygens (including phenoxy) is 3. The van der Waals surface area contributed by atoms with Crippen LogP contribution in [0.4, 0.5) is 21.0 Å². The fraction of sp³-hybridized carbons (Fsp3) is 0.333. The van der Waals surface area contributed by atoms with E-state index >= 15 is 0 Å². The van der Waals surface area contributed by atoms with Gasteiger partial charge in [0, 0.05) is 48.7 Å². The highest BCUT2D eigenvalue weighted by molar-refractivity contribution is 7.86. The Balaban J connectivity index is 0.000000224. The van der Waals surface area contributed by atoms with Crippen molar-refractivity contribution >= 4 is 91.7 Å². The summed E-state index contributed by atoms with van der Waals surface area (Å²) in [7, 11) is -3.62. The third-order valence-electron chi connectivity index (χ3n) is 9.87. The SMILES string of the molecule is CCOC(=O)CCN1CCN(CC2CN(c3ccc(C(=N)NC(=O)c4cccs4)cc3)C(=O)O2)CC1=O.CS(=O)(=O)OCC1CN(c2ccc(C(=N)NC(=O)c3cccs3)cc2)C(=O)O1. The Bertz CT molecular complexity index is 2480. The van der Waals surface area contributed by atoms with Crippen LogP contribution in [0.5, 0.6) is 0 Å². The van der Waals surface area contributed by atoms with Gasteiger partial charge in [0.1, 0.15) is 30.5 Å². The normalized spacial score (nSPS) is 17.4. The molecule has 3 aliphatic rings. The number of amidine groups is 2. The number of piperazine rings is 1. The molecule has 0 bridgehead atoms. The molecule has 3 fully saturated rings. The zero-order valence-corrected chi connectivity index (χ0v) is 37.7. The Labute approximate surface area is 382 Å². The number of hydrogen-bond acceptors (Lipinski definition) is 17. The lowest BCUT2D eigenvalue weighted by Gasteiger charge is -2.34. The Morgan fingerprint density at radius 2 is 1.28 bits per heavy atom. The Morgan fingerprint density at radius 3 is 1.74 bits per heavy atom. The highest BCUT2D eigenvalue weighted by Gasteiger charge is 2.36. The van der Waals surface area contributed by atoms with Gasteiger partial charge in [0.25, 0.3) is 21.9 Å². The molecule has 20 nitrogen and oxygen atoms in total. The summed E-state index contributed by atoms with van der Waals surface area (Å²) in [5, 5.41) is 24.8. The first-order valence-electron chi connectivity index (χ1n) is 20.1. The third kappa shape index (κ3) is 13.5. The van der Waals surface area contributed by atoms with Gasteiger partial charge in [-0.2, -0.15) is 8.42 Å². The number of benzene rings is 2. The van der Waals surface area contributed by atoms with Crippen molar-refractivity contribution in [3.05, 3.63) is 104 Å². The number of thiophene rings is 2. The summed E-state index contributed by atoms with van der Waals surface area (Å²) < 4.78 is 42.3. The Hall–Kier alpha value is -6.53. The molecule has 2 atom stereocenters.